The second-order valence-electron chi connectivity index (χ2n) is 5.78. The largest absolute Gasteiger partial charge is 3.00 e. The Kier molecular flexibility index (Phi) is 12.0. The Bertz CT molecular complexity index is 578. The Labute approximate surface area is 182 Å². The van der Waals surface area contributed by atoms with E-state index in [1.807, 2.05) is 54.6 Å². The molecule has 0 spiro atoms. The minimum atomic E-state index is 0. The van der Waals surface area contributed by atoms with Gasteiger partial charge in [0.15, 0.2) is 0 Å². The summed E-state index contributed by atoms with van der Waals surface area (Å²) in [6.45, 7) is 17.6. The molecule has 0 amide bonds. The minimum absolute atomic E-state index is 0. The van der Waals surface area contributed by atoms with E-state index in [1.165, 1.54) is 16.7 Å². The second-order valence-corrected chi connectivity index (χ2v) is 5.78. The van der Waals surface area contributed by atoms with E-state index >= 15 is 0 Å². The predicted molar refractivity (Wildman–Crippen MR) is 107 cm³/mol. The molecule has 0 aliphatic rings. The van der Waals surface area contributed by atoms with Crippen LogP contribution in [0.15, 0.2) is 72.8 Å². The van der Waals surface area contributed by atoms with Gasteiger partial charge in [0.25, 0.3) is 0 Å². The molecule has 3 aromatic carbocycles. The fourth-order valence-electron chi connectivity index (χ4n) is 1.83. The molecule has 0 heterocycles. The van der Waals surface area contributed by atoms with Crippen molar-refractivity contribution in [3.05, 3.63) is 127 Å². The van der Waals surface area contributed by atoms with Gasteiger partial charge in [0.1, 0.15) is 0 Å². The van der Waals surface area contributed by atoms with Crippen LogP contribution in [0.2, 0.25) is 0 Å². The standard InChI is InChI=1S/3C8H9.La/c3*1-7-5-3-4-6-8(7)2;/h3*3-6H,1H2,2H3;/q3*-1;+3. The Balaban J connectivity index is 0.000000339. The van der Waals surface area contributed by atoms with Crippen LogP contribution in [0.5, 0.6) is 0 Å². The van der Waals surface area contributed by atoms with Gasteiger partial charge in [-0.15, -0.1) is 36.4 Å². The number of hydrogen-bond acceptors (Lipinski definition) is 0. The first kappa shape index (κ1) is 23.5. The molecule has 0 saturated heterocycles. The summed E-state index contributed by atoms with van der Waals surface area (Å²) in [5.41, 5.74) is 7.13. The fourth-order valence-corrected chi connectivity index (χ4v) is 1.83. The SMILES string of the molecule is [CH2-]c1ccccc1C.[CH2-]c1ccccc1C.[CH2-]c1ccccc1C.[La+3]. The van der Waals surface area contributed by atoms with Crippen LogP contribution < -0.4 is 0 Å². The summed E-state index contributed by atoms with van der Waals surface area (Å²) in [7, 11) is 0. The molecule has 0 saturated carbocycles. The van der Waals surface area contributed by atoms with Gasteiger partial charge in [0.2, 0.25) is 0 Å². The van der Waals surface area contributed by atoms with Crippen molar-refractivity contribution >= 4 is 0 Å². The van der Waals surface area contributed by atoms with E-state index in [0.717, 1.165) is 16.7 Å². The van der Waals surface area contributed by atoms with Crippen LogP contribution >= 0.6 is 0 Å². The summed E-state index contributed by atoms with van der Waals surface area (Å²) in [5.74, 6) is 0. The van der Waals surface area contributed by atoms with E-state index in [0.29, 0.717) is 0 Å². The average molecular weight is 454 g/mol. The smallest absolute Gasteiger partial charge is 0.198 e. The Morgan fingerprint density at radius 3 is 0.760 bits per heavy atom. The molecule has 1 heteroatoms. The molecule has 0 fully saturated rings. The molecule has 3 aromatic rings. The van der Waals surface area contributed by atoms with Gasteiger partial charge in [-0.3, -0.25) is 0 Å². The normalized spacial score (nSPS) is 8.76. The molecular weight excluding hydrogens is 427 g/mol. The molecule has 3 rings (SSSR count). The van der Waals surface area contributed by atoms with Crippen LogP contribution in [-0.2, 0) is 0 Å². The quantitative estimate of drug-likeness (QED) is 0.339. The van der Waals surface area contributed by atoms with E-state index < -0.39 is 0 Å². The molecule has 0 N–H and O–H groups in total. The van der Waals surface area contributed by atoms with Crippen LogP contribution in [0.3, 0.4) is 0 Å². The van der Waals surface area contributed by atoms with Crippen molar-refractivity contribution in [2.75, 3.05) is 0 Å². The second kappa shape index (κ2) is 12.8. The Morgan fingerprint density at radius 1 is 0.440 bits per heavy atom. The van der Waals surface area contributed by atoms with Crippen molar-refractivity contribution in [2.45, 2.75) is 20.8 Å². The van der Waals surface area contributed by atoms with Gasteiger partial charge in [-0.2, -0.15) is 72.4 Å². The van der Waals surface area contributed by atoms with Crippen LogP contribution in [-0.4, -0.2) is 0 Å². The summed E-state index contributed by atoms with van der Waals surface area (Å²) in [6, 6.07) is 24.2. The predicted octanol–water partition coefficient (Wildman–Crippen LogP) is 6.53. The molecule has 0 aliphatic heterocycles. The number of rotatable bonds is 0. The third-order valence-electron chi connectivity index (χ3n) is 3.78. The first-order chi connectivity index (χ1) is 11.4. The third kappa shape index (κ3) is 9.50. The van der Waals surface area contributed by atoms with E-state index in [1.54, 1.807) is 0 Å². The van der Waals surface area contributed by atoms with Gasteiger partial charge < -0.3 is 0 Å². The van der Waals surface area contributed by atoms with E-state index in [4.69, 9.17) is 0 Å². The molecular formula is C24H27La. The van der Waals surface area contributed by atoms with Crippen molar-refractivity contribution in [3.63, 3.8) is 0 Å². The van der Waals surface area contributed by atoms with Crippen molar-refractivity contribution in [1.29, 1.82) is 0 Å². The zero-order chi connectivity index (χ0) is 17.9. The van der Waals surface area contributed by atoms with Crippen LogP contribution in [0, 0.1) is 77.1 Å². The van der Waals surface area contributed by atoms with Crippen LogP contribution in [0.1, 0.15) is 33.4 Å². The van der Waals surface area contributed by atoms with Gasteiger partial charge in [0.05, 0.1) is 0 Å². The minimum Gasteiger partial charge on any atom is -0.198 e. The zero-order valence-corrected chi connectivity index (χ0v) is 19.3. The summed E-state index contributed by atoms with van der Waals surface area (Å²) in [6.07, 6.45) is 0. The molecule has 0 aliphatic carbocycles. The van der Waals surface area contributed by atoms with Crippen molar-refractivity contribution in [2.24, 2.45) is 0 Å². The van der Waals surface area contributed by atoms with Crippen molar-refractivity contribution < 1.29 is 35.6 Å². The van der Waals surface area contributed by atoms with Gasteiger partial charge >= 0.3 is 35.6 Å². The number of aryl methyl sites for hydroxylation is 3. The van der Waals surface area contributed by atoms with Crippen molar-refractivity contribution in [1.82, 2.24) is 0 Å². The Morgan fingerprint density at radius 2 is 0.640 bits per heavy atom. The fraction of sp³-hybridized carbons (Fsp3) is 0.125. The maximum atomic E-state index is 3.82. The zero-order valence-electron chi connectivity index (χ0n) is 15.6. The monoisotopic (exact) mass is 454 g/mol. The molecule has 126 valence electrons. The molecule has 0 nitrogen and oxygen atoms in total. The average Bonchev–Trinajstić information content (AvgIpc) is 2.57. The van der Waals surface area contributed by atoms with E-state index in [-0.39, 0.29) is 35.6 Å². The van der Waals surface area contributed by atoms with Crippen LogP contribution in [0.25, 0.3) is 0 Å². The van der Waals surface area contributed by atoms with Crippen LogP contribution in [0.4, 0.5) is 0 Å². The molecule has 0 bridgehead atoms. The molecule has 0 atom stereocenters. The molecule has 25 heavy (non-hydrogen) atoms. The van der Waals surface area contributed by atoms with Gasteiger partial charge in [-0.25, -0.2) is 0 Å². The van der Waals surface area contributed by atoms with Gasteiger partial charge in [0, 0.05) is 0 Å². The first-order valence-corrected chi connectivity index (χ1v) is 8.04. The number of hydrogen-bond donors (Lipinski definition) is 0. The number of benzene rings is 3. The topological polar surface area (TPSA) is 0 Å². The Hall–Kier alpha value is -1.54. The summed E-state index contributed by atoms with van der Waals surface area (Å²) < 4.78 is 0. The van der Waals surface area contributed by atoms with Gasteiger partial charge in [-0.1, -0.05) is 39.0 Å². The maximum Gasteiger partial charge on any atom is 3.00 e. The molecule has 0 unspecified atom stereocenters. The maximum absolute atomic E-state index is 3.82. The van der Waals surface area contributed by atoms with E-state index in [9.17, 15) is 0 Å². The summed E-state index contributed by atoms with van der Waals surface area (Å²) in [4.78, 5) is 0. The summed E-state index contributed by atoms with van der Waals surface area (Å²) >= 11 is 0. The first-order valence-electron chi connectivity index (χ1n) is 8.04. The summed E-state index contributed by atoms with van der Waals surface area (Å²) in [5, 5.41) is 0. The third-order valence-corrected chi connectivity index (χ3v) is 3.78. The van der Waals surface area contributed by atoms with Crippen molar-refractivity contribution in [3.8, 4) is 0 Å². The molecule has 0 aromatic heterocycles. The molecule has 0 radical (unpaired) electrons. The van der Waals surface area contributed by atoms with Gasteiger partial charge in [-0.05, 0) is 0 Å². The van der Waals surface area contributed by atoms with E-state index in [2.05, 4.69) is 59.7 Å².